The fourth-order valence-corrected chi connectivity index (χ4v) is 4.08. The Bertz CT molecular complexity index is 523. The molecule has 2 N–H and O–H groups in total. The van der Waals surface area contributed by atoms with E-state index in [0.717, 1.165) is 21.4 Å². The monoisotopic (exact) mass is 310 g/mol. The van der Waals surface area contributed by atoms with Gasteiger partial charge in [-0.05, 0) is 49.5 Å². The Kier molecular flexibility index (Phi) is 4.40. The Morgan fingerprint density at radius 3 is 1.58 bits per heavy atom. The highest BCUT2D eigenvalue weighted by molar-refractivity contribution is 6.83. The van der Waals surface area contributed by atoms with Gasteiger partial charge in [-0.25, -0.2) is 0 Å². The molecular weight excluding hydrogens is 295 g/mol. The average Bonchev–Trinajstić information content (AvgIpc) is 2.27. The third-order valence-electron chi connectivity index (χ3n) is 2.56. The van der Waals surface area contributed by atoms with Crippen molar-refractivity contribution in [2.45, 2.75) is 13.1 Å². The number of nitrogens with one attached hydrogen (secondary N) is 2. The van der Waals surface area contributed by atoms with Crippen molar-refractivity contribution in [2.24, 2.45) is 0 Å². The second kappa shape index (κ2) is 5.86. The molecule has 0 bridgehead atoms. The standard InChI is InChI=1S/C14H16Cl2N2Si/c1-19(2,17-13-7-3-5-11(15)9-13)18-14-8-4-6-12(16)10-14/h3-10,17-18H,1-2H3. The van der Waals surface area contributed by atoms with Crippen LogP contribution in [-0.2, 0) is 0 Å². The van der Waals surface area contributed by atoms with Crippen molar-refractivity contribution in [1.82, 2.24) is 0 Å². The van der Waals surface area contributed by atoms with Crippen LogP contribution in [0.2, 0.25) is 23.1 Å². The van der Waals surface area contributed by atoms with Gasteiger partial charge in [0.25, 0.3) is 8.40 Å². The highest BCUT2D eigenvalue weighted by Crippen LogP contribution is 2.21. The minimum absolute atomic E-state index is 0.734. The van der Waals surface area contributed by atoms with Gasteiger partial charge in [-0.15, -0.1) is 0 Å². The molecule has 0 aliphatic rings. The van der Waals surface area contributed by atoms with Crippen LogP contribution in [0.5, 0.6) is 0 Å². The van der Waals surface area contributed by atoms with Crippen molar-refractivity contribution in [2.75, 3.05) is 9.96 Å². The van der Waals surface area contributed by atoms with Crippen molar-refractivity contribution in [3.8, 4) is 0 Å². The topological polar surface area (TPSA) is 24.1 Å². The Balaban J connectivity index is 2.10. The normalized spacial score (nSPS) is 11.2. The van der Waals surface area contributed by atoms with Crippen LogP contribution >= 0.6 is 23.2 Å². The first kappa shape index (κ1) is 14.3. The van der Waals surface area contributed by atoms with Crippen molar-refractivity contribution < 1.29 is 0 Å². The van der Waals surface area contributed by atoms with Gasteiger partial charge >= 0.3 is 0 Å². The predicted octanol–water partition coefficient (Wildman–Crippen LogP) is 5.22. The number of benzene rings is 2. The first-order valence-corrected chi connectivity index (χ1v) is 9.78. The summed E-state index contributed by atoms with van der Waals surface area (Å²) in [7, 11) is -1.85. The lowest BCUT2D eigenvalue weighted by molar-refractivity contribution is 1.52. The maximum atomic E-state index is 5.99. The minimum Gasteiger partial charge on any atom is -0.395 e. The van der Waals surface area contributed by atoms with E-state index in [4.69, 9.17) is 23.2 Å². The number of hydrogen-bond acceptors (Lipinski definition) is 2. The van der Waals surface area contributed by atoms with Crippen molar-refractivity contribution in [1.29, 1.82) is 0 Å². The second-order valence-corrected chi connectivity index (χ2v) is 9.52. The van der Waals surface area contributed by atoms with Crippen molar-refractivity contribution >= 4 is 43.0 Å². The summed E-state index contributed by atoms with van der Waals surface area (Å²) in [6.45, 7) is 4.38. The van der Waals surface area contributed by atoms with Crippen LogP contribution in [0.1, 0.15) is 0 Å². The third kappa shape index (κ3) is 4.46. The Hall–Kier alpha value is -1.16. The number of halogens is 2. The fraction of sp³-hybridized carbons (Fsp3) is 0.143. The molecule has 0 aliphatic heterocycles. The van der Waals surface area contributed by atoms with Gasteiger partial charge in [0.05, 0.1) is 0 Å². The Labute approximate surface area is 124 Å². The van der Waals surface area contributed by atoms with Crippen molar-refractivity contribution in [3.63, 3.8) is 0 Å². The molecule has 2 rings (SSSR count). The summed E-state index contributed by atoms with van der Waals surface area (Å²) in [5, 5.41) is 1.47. The molecule has 2 aromatic carbocycles. The zero-order chi connectivity index (χ0) is 13.9. The Morgan fingerprint density at radius 2 is 1.21 bits per heavy atom. The maximum Gasteiger partial charge on any atom is 0.252 e. The molecule has 2 aromatic rings. The molecule has 0 amide bonds. The van der Waals surface area contributed by atoms with E-state index in [-0.39, 0.29) is 0 Å². The fourth-order valence-electron chi connectivity index (χ4n) is 1.89. The van der Waals surface area contributed by atoms with E-state index in [1.165, 1.54) is 0 Å². The largest absolute Gasteiger partial charge is 0.395 e. The molecule has 0 saturated carbocycles. The van der Waals surface area contributed by atoms with Gasteiger partial charge in [0, 0.05) is 21.4 Å². The highest BCUT2D eigenvalue weighted by Gasteiger charge is 2.21. The van der Waals surface area contributed by atoms with Crippen molar-refractivity contribution in [3.05, 3.63) is 58.6 Å². The number of anilines is 2. The molecule has 0 atom stereocenters. The zero-order valence-electron chi connectivity index (χ0n) is 10.9. The van der Waals surface area contributed by atoms with Gasteiger partial charge in [-0.1, -0.05) is 35.3 Å². The minimum atomic E-state index is -1.85. The van der Waals surface area contributed by atoms with E-state index in [1.54, 1.807) is 0 Å². The number of hydrogen-bond donors (Lipinski definition) is 2. The summed E-state index contributed by atoms with van der Waals surface area (Å²) < 4.78 is 0. The van der Waals surface area contributed by atoms with Crippen LogP contribution in [0.3, 0.4) is 0 Å². The molecule has 0 saturated heterocycles. The van der Waals surface area contributed by atoms with E-state index >= 15 is 0 Å². The van der Waals surface area contributed by atoms with Crippen LogP contribution in [0, 0.1) is 0 Å². The zero-order valence-corrected chi connectivity index (χ0v) is 13.4. The summed E-state index contributed by atoms with van der Waals surface area (Å²) in [5.74, 6) is 0. The van der Waals surface area contributed by atoms with Gasteiger partial charge in [0.1, 0.15) is 0 Å². The average molecular weight is 311 g/mol. The summed E-state index contributed by atoms with van der Waals surface area (Å²) in [4.78, 5) is 7.05. The molecule has 0 spiro atoms. The Morgan fingerprint density at radius 1 is 0.789 bits per heavy atom. The van der Waals surface area contributed by atoms with E-state index in [9.17, 15) is 0 Å². The molecule has 19 heavy (non-hydrogen) atoms. The summed E-state index contributed by atoms with van der Waals surface area (Å²) in [6.07, 6.45) is 0. The third-order valence-corrected chi connectivity index (χ3v) is 4.86. The molecule has 100 valence electrons. The van der Waals surface area contributed by atoms with Crippen LogP contribution < -0.4 is 9.96 Å². The van der Waals surface area contributed by atoms with E-state index < -0.39 is 8.40 Å². The van der Waals surface area contributed by atoms with Crippen LogP contribution in [-0.4, -0.2) is 8.40 Å². The van der Waals surface area contributed by atoms with Gasteiger partial charge in [-0.2, -0.15) is 0 Å². The maximum absolute atomic E-state index is 5.99. The summed E-state index contributed by atoms with van der Waals surface area (Å²) in [5.41, 5.74) is 2.05. The molecule has 5 heteroatoms. The van der Waals surface area contributed by atoms with E-state index in [0.29, 0.717) is 0 Å². The quantitative estimate of drug-likeness (QED) is 0.757. The molecule has 0 heterocycles. The molecule has 0 unspecified atom stereocenters. The predicted molar refractivity (Wildman–Crippen MR) is 87.6 cm³/mol. The lowest BCUT2D eigenvalue weighted by atomic mass is 10.3. The lowest BCUT2D eigenvalue weighted by Gasteiger charge is -2.27. The molecule has 0 aromatic heterocycles. The van der Waals surface area contributed by atoms with E-state index in [2.05, 4.69) is 23.1 Å². The molecule has 2 nitrogen and oxygen atoms in total. The lowest BCUT2D eigenvalue weighted by Crippen LogP contribution is -2.45. The first-order valence-electron chi connectivity index (χ1n) is 6.02. The highest BCUT2D eigenvalue weighted by atomic mass is 35.5. The summed E-state index contributed by atoms with van der Waals surface area (Å²) >= 11 is 12.0. The molecule has 0 aliphatic carbocycles. The SMILES string of the molecule is C[Si](C)(Nc1cccc(Cl)c1)Nc1cccc(Cl)c1. The van der Waals surface area contributed by atoms with E-state index in [1.807, 2.05) is 48.5 Å². The van der Waals surface area contributed by atoms with Crippen LogP contribution in [0.25, 0.3) is 0 Å². The van der Waals surface area contributed by atoms with Gasteiger partial charge in [0.15, 0.2) is 0 Å². The second-order valence-electron chi connectivity index (χ2n) is 4.90. The van der Waals surface area contributed by atoms with Gasteiger partial charge in [-0.3, -0.25) is 0 Å². The van der Waals surface area contributed by atoms with Crippen LogP contribution in [0.4, 0.5) is 11.4 Å². The molecule has 0 radical (unpaired) electrons. The van der Waals surface area contributed by atoms with Gasteiger partial charge in [0.2, 0.25) is 0 Å². The first-order chi connectivity index (χ1) is 8.94. The van der Waals surface area contributed by atoms with Crippen LogP contribution in [0.15, 0.2) is 48.5 Å². The van der Waals surface area contributed by atoms with Gasteiger partial charge < -0.3 is 9.96 Å². The molecule has 0 fully saturated rings. The smallest absolute Gasteiger partial charge is 0.252 e. The summed E-state index contributed by atoms with van der Waals surface area (Å²) in [6, 6.07) is 15.5. The number of rotatable bonds is 4. The molecular formula is C14H16Cl2N2Si.